The van der Waals surface area contributed by atoms with E-state index in [-0.39, 0.29) is 35.8 Å². The molecule has 1 aromatic carbocycles. The number of fused-ring (bicyclic) bond motifs is 6. The second-order valence-corrected chi connectivity index (χ2v) is 12.2. The van der Waals surface area contributed by atoms with Gasteiger partial charge in [-0.1, -0.05) is 51.1 Å². The summed E-state index contributed by atoms with van der Waals surface area (Å²) in [5.74, 6) is -1.68. The summed E-state index contributed by atoms with van der Waals surface area (Å²) >= 11 is 0. The highest BCUT2D eigenvalue weighted by Gasteiger charge is 2.38. The normalized spacial score (nSPS) is 31.1. The number of carbonyl (C=O) groups excluding carboxylic acids is 4. The van der Waals surface area contributed by atoms with Crippen LogP contribution in [0.15, 0.2) is 30.3 Å². The van der Waals surface area contributed by atoms with Crippen LogP contribution in [0.1, 0.15) is 83.4 Å². The van der Waals surface area contributed by atoms with Crippen molar-refractivity contribution >= 4 is 29.7 Å². The maximum Gasteiger partial charge on any atom is 0.258 e. The predicted molar refractivity (Wildman–Crippen MR) is 161 cm³/mol. The van der Waals surface area contributed by atoms with Crippen LogP contribution in [0.4, 0.5) is 0 Å². The standard InChI is InChI=1S/C32H47N5O5/c1-20(2)28-30(39)33-22(4)31(40)37-18-9-14-25(35-37)32(41)36-17-10-15-26(36)24-13-8-12-23(19-24)11-6-7-16-27(42-5)21(3)29(38)34-28/h6,8,11-13,19-22,25-28,35H,7,9-10,14-18H2,1-5H3,(H,33,39)(H,34,38)/b11-6+. The van der Waals surface area contributed by atoms with Crippen LogP contribution >= 0.6 is 0 Å². The van der Waals surface area contributed by atoms with Crippen LogP contribution in [0, 0.1) is 11.8 Å². The number of hydrogen-bond acceptors (Lipinski definition) is 6. The number of hydrogen-bond donors (Lipinski definition) is 3. The monoisotopic (exact) mass is 581 g/mol. The zero-order valence-electron chi connectivity index (χ0n) is 25.6. The van der Waals surface area contributed by atoms with Gasteiger partial charge in [0.2, 0.25) is 17.7 Å². The average molecular weight is 582 g/mol. The highest BCUT2D eigenvalue weighted by molar-refractivity contribution is 5.92. The number of methoxy groups -OCH3 is 1. The Labute approximate surface area is 249 Å². The summed E-state index contributed by atoms with van der Waals surface area (Å²) in [6, 6.07) is 6.12. The van der Waals surface area contributed by atoms with Crippen LogP contribution in [0.2, 0.25) is 0 Å². The minimum atomic E-state index is -0.840. The average Bonchev–Trinajstić information content (AvgIpc) is 3.48. The van der Waals surface area contributed by atoms with E-state index < -0.39 is 30.0 Å². The van der Waals surface area contributed by atoms with Crippen LogP contribution in [0.3, 0.4) is 0 Å². The number of nitrogens with one attached hydrogen (secondary N) is 3. The predicted octanol–water partition coefficient (Wildman–Crippen LogP) is 2.95. The molecule has 3 heterocycles. The van der Waals surface area contributed by atoms with Crippen molar-refractivity contribution in [2.24, 2.45) is 11.8 Å². The molecule has 3 aliphatic heterocycles. The zero-order valence-corrected chi connectivity index (χ0v) is 25.6. The van der Waals surface area contributed by atoms with E-state index in [0.29, 0.717) is 38.8 Å². The molecular formula is C32H47N5O5. The molecule has 2 fully saturated rings. The molecule has 0 saturated carbocycles. The van der Waals surface area contributed by atoms with Gasteiger partial charge in [-0.2, -0.15) is 0 Å². The minimum Gasteiger partial charge on any atom is -0.381 e. The summed E-state index contributed by atoms with van der Waals surface area (Å²) in [6.45, 7) is 8.28. The minimum absolute atomic E-state index is 0.00270. The lowest BCUT2D eigenvalue weighted by Gasteiger charge is -2.37. The Morgan fingerprint density at radius 2 is 1.69 bits per heavy atom. The Balaban J connectivity index is 1.62. The van der Waals surface area contributed by atoms with E-state index >= 15 is 0 Å². The second kappa shape index (κ2) is 14.3. The first-order chi connectivity index (χ1) is 20.1. The van der Waals surface area contributed by atoms with Gasteiger partial charge in [-0.05, 0) is 68.6 Å². The van der Waals surface area contributed by atoms with Gasteiger partial charge in [0, 0.05) is 20.2 Å². The molecule has 10 heteroatoms. The number of hydrazine groups is 1. The molecule has 4 amide bonds. The van der Waals surface area contributed by atoms with E-state index in [1.165, 1.54) is 5.01 Å². The third-order valence-corrected chi connectivity index (χ3v) is 8.76. The number of allylic oxidation sites excluding steroid dienone is 1. The first-order valence-corrected chi connectivity index (χ1v) is 15.4. The van der Waals surface area contributed by atoms with Gasteiger partial charge in [0.15, 0.2) is 0 Å². The summed E-state index contributed by atoms with van der Waals surface area (Å²) in [5, 5.41) is 7.15. The van der Waals surface area contributed by atoms with E-state index in [0.717, 1.165) is 24.0 Å². The molecule has 2 saturated heterocycles. The number of rotatable bonds is 2. The van der Waals surface area contributed by atoms with Gasteiger partial charge in [0.1, 0.15) is 18.1 Å². The third-order valence-electron chi connectivity index (χ3n) is 8.76. The lowest BCUT2D eigenvalue weighted by Crippen LogP contribution is -2.62. The van der Waals surface area contributed by atoms with Crippen molar-refractivity contribution in [3.63, 3.8) is 0 Å². The largest absolute Gasteiger partial charge is 0.381 e. The lowest BCUT2D eigenvalue weighted by atomic mass is 9.96. The number of benzene rings is 1. The van der Waals surface area contributed by atoms with E-state index in [4.69, 9.17) is 4.74 Å². The first-order valence-electron chi connectivity index (χ1n) is 15.4. The van der Waals surface area contributed by atoms with Gasteiger partial charge in [0.05, 0.1) is 18.1 Å². The molecule has 0 spiro atoms. The van der Waals surface area contributed by atoms with Crippen molar-refractivity contribution in [1.82, 2.24) is 26.0 Å². The highest BCUT2D eigenvalue weighted by Crippen LogP contribution is 2.33. The maximum absolute atomic E-state index is 13.7. The van der Waals surface area contributed by atoms with Crippen molar-refractivity contribution in [2.45, 2.75) is 96.5 Å². The molecule has 3 N–H and O–H groups in total. The molecule has 6 unspecified atom stereocenters. The van der Waals surface area contributed by atoms with E-state index in [1.807, 2.05) is 37.8 Å². The first kappa shape index (κ1) is 31.7. The number of ether oxygens (including phenoxy) is 1. The molecule has 10 nitrogen and oxygen atoms in total. The van der Waals surface area contributed by atoms with Gasteiger partial charge in [-0.3, -0.25) is 24.2 Å². The van der Waals surface area contributed by atoms with Gasteiger partial charge in [0.25, 0.3) is 5.91 Å². The molecule has 42 heavy (non-hydrogen) atoms. The zero-order chi connectivity index (χ0) is 30.4. The summed E-state index contributed by atoms with van der Waals surface area (Å²) in [6.07, 6.45) is 8.32. The van der Waals surface area contributed by atoms with E-state index in [9.17, 15) is 19.2 Å². The van der Waals surface area contributed by atoms with Crippen molar-refractivity contribution in [3.8, 4) is 0 Å². The maximum atomic E-state index is 13.7. The summed E-state index contributed by atoms with van der Waals surface area (Å²) in [7, 11) is 1.60. The highest BCUT2D eigenvalue weighted by atomic mass is 16.5. The van der Waals surface area contributed by atoms with Crippen molar-refractivity contribution in [1.29, 1.82) is 0 Å². The van der Waals surface area contributed by atoms with Crippen LogP contribution in [0.5, 0.6) is 0 Å². The molecule has 0 aliphatic carbocycles. The van der Waals surface area contributed by atoms with Crippen molar-refractivity contribution in [2.75, 3.05) is 20.2 Å². The topological polar surface area (TPSA) is 120 Å². The smallest absolute Gasteiger partial charge is 0.258 e. The van der Waals surface area contributed by atoms with Crippen molar-refractivity contribution in [3.05, 3.63) is 41.5 Å². The third kappa shape index (κ3) is 7.39. The molecular weight excluding hydrogens is 534 g/mol. The van der Waals surface area contributed by atoms with E-state index in [2.05, 4.69) is 40.3 Å². The number of carbonyl (C=O) groups is 4. The van der Waals surface area contributed by atoms with Gasteiger partial charge >= 0.3 is 0 Å². The fraction of sp³-hybridized carbons (Fsp3) is 0.625. The Morgan fingerprint density at radius 3 is 2.43 bits per heavy atom. The summed E-state index contributed by atoms with van der Waals surface area (Å²) < 4.78 is 5.67. The second-order valence-electron chi connectivity index (χ2n) is 12.2. The number of nitrogens with zero attached hydrogens (tertiary/aromatic N) is 2. The van der Waals surface area contributed by atoms with E-state index in [1.54, 1.807) is 14.0 Å². The number of amides is 4. The molecule has 3 aliphatic rings. The lowest BCUT2D eigenvalue weighted by molar-refractivity contribution is -0.146. The van der Waals surface area contributed by atoms with Crippen LogP contribution in [-0.4, -0.2) is 78.0 Å². The summed E-state index contributed by atoms with van der Waals surface area (Å²) in [4.78, 5) is 55.6. The van der Waals surface area contributed by atoms with Gasteiger partial charge < -0.3 is 20.3 Å². The molecule has 0 radical (unpaired) electrons. The SMILES string of the molecule is COC1CC/C=C/c2cccc(c2)C2CCCN2C(=O)C2CCCN(N2)C(=O)C(C)NC(=O)C(C(C)C)NC(=O)C1C. The van der Waals surface area contributed by atoms with Crippen LogP contribution in [0.25, 0.3) is 6.08 Å². The van der Waals surface area contributed by atoms with Gasteiger partial charge in [-0.15, -0.1) is 0 Å². The van der Waals surface area contributed by atoms with Crippen LogP contribution in [-0.2, 0) is 23.9 Å². The quantitative estimate of drug-likeness (QED) is 0.494. The molecule has 0 aromatic heterocycles. The Morgan fingerprint density at radius 1 is 0.929 bits per heavy atom. The van der Waals surface area contributed by atoms with Crippen molar-refractivity contribution < 1.29 is 23.9 Å². The molecule has 4 rings (SSSR count). The Bertz CT molecular complexity index is 1170. The molecule has 230 valence electrons. The Kier molecular flexibility index (Phi) is 10.8. The fourth-order valence-electron chi connectivity index (χ4n) is 6.21. The van der Waals surface area contributed by atoms with Gasteiger partial charge in [-0.25, -0.2) is 5.43 Å². The molecule has 6 atom stereocenters. The Hall–Kier alpha value is -3.24. The van der Waals surface area contributed by atoms with Crippen LogP contribution < -0.4 is 16.1 Å². The fourth-order valence-corrected chi connectivity index (χ4v) is 6.21. The molecule has 1 aromatic rings. The molecule has 4 bridgehead atoms. The summed E-state index contributed by atoms with van der Waals surface area (Å²) in [5.41, 5.74) is 5.32.